The van der Waals surface area contributed by atoms with Crippen molar-refractivity contribution in [2.75, 3.05) is 18.0 Å². The van der Waals surface area contributed by atoms with E-state index in [1.807, 2.05) is 49.6 Å². The lowest BCUT2D eigenvalue weighted by Gasteiger charge is -2.34. The number of halogens is 1. The minimum atomic E-state index is -0.301. The Morgan fingerprint density at radius 1 is 1.14 bits per heavy atom. The van der Waals surface area contributed by atoms with Crippen molar-refractivity contribution in [3.8, 4) is 5.69 Å². The topological polar surface area (TPSA) is 67.2 Å². The van der Waals surface area contributed by atoms with Crippen molar-refractivity contribution in [2.24, 2.45) is 5.92 Å². The predicted octanol–water partition coefficient (Wildman–Crippen LogP) is 4.99. The second kappa shape index (κ2) is 9.62. The predicted molar refractivity (Wildman–Crippen MR) is 138 cm³/mol. The number of carbonyl (C=O) groups excluding carboxylic acids is 1. The lowest BCUT2D eigenvalue weighted by molar-refractivity contribution is -0.125. The maximum Gasteiger partial charge on any atom is 0.277 e. The molecular weight excluding hydrogens is 463 g/mol. The number of fused-ring (bicyclic) bond motifs is 1. The van der Waals surface area contributed by atoms with Crippen molar-refractivity contribution < 1.29 is 9.18 Å². The smallest absolute Gasteiger partial charge is 0.277 e. The van der Waals surface area contributed by atoms with Gasteiger partial charge in [-0.05, 0) is 68.0 Å². The highest BCUT2D eigenvalue weighted by Crippen LogP contribution is 2.27. The number of rotatable bonds is 5. The van der Waals surface area contributed by atoms with Gasteiger partial charge in [0.1, 0.15) is 10.5 Å². The first-order valence-corrected chi connectivity index (χ1v) is 12.7. The normalized spacial score (nSPS) is 16.9. The number of hydrogen-bond acceptors (Lipinski definition) is 5. The maximum absolute atomic E-state index is 13.5. The monoisotopic (exact) mass is 490 g/mol. The van der Waals surface area contributed by atoms with Crippen LogP contribution in [0.15, 0.2) is 64.8 Å². The molecule has 1 fully saturated rings. The van der Waals surface area contributed by atoms with Gasteiger partial charge in [0, 0.05) is 13.1 Å². The van der Waals surface area contributed by atoms with E-state index in [0.717, 1.165) is 29.7 Å². The molecule has 1 N–H and O–H groups in total. The molecule has 3 heterocycles. The first-order chi connectivity index (χ1) is 16.9. The van der Waals surface area contributed by atoms with Crippen molar-refractivity contribution in [1.29, 1.82) is 0 Å². The molecule has 2 aromatic carbocycles. The summed E-state index contributed by atoms with van der Waals surface area (Å²) >= 11 is 1.39. The summed E-state index contributed by atoms with van der Waals surface area (Å²) in [5.41, 5.74) is 3.30. The maximum atomic E-state index is 13.5. The Bertz CT molecular complexity index is 1410. The van der Waals surface area contributed by atoms with Crippen LogP contribution < -0.4 is 15.8 Å². The van der Waals surface area contributed by atoms with Crippen LogP contribution in [0.25, 0.3) is 15.9 Å². The lowest BCUT2D eigenvalue weighted by atomic mass is 9.96. The van der Waals surface area contributed by atoms with Gasteiger partial charge in [0.2, 0.25) is 11.9 Å². The minimum absolute atomic E-state index is 0.0487. The second-order valence-corrected chi connectivity index (χ2v) is 10.0. The van der Waals surface area contributed by atoms with Gasteiger partial charge in [-0.3, -0.25) is 9.59 Å². The molecular formula is C27H27FN4O2S. The van der Waals surface area contributed by atoms with Crippen molar-refractivity contribution in [3.05, 3.63) is 87.3 Å². The molecule has 0 radical (unpaired) electrons. The Morgan fingerprint density at radius 2 is 1.89 bits per heavy atom. The van der Waals surface area contributed by atoms with E-state index in [2.05, 4.69) is 10.2 Å². The number of anilines is 1. The number of aryl methyl sites for hydroxylation is 1. The van der Waals surface area contributed by atoms with E-state index in [1.54, 1.807) is 16.7 Å². The molecule has 1 aliphatic rings. The molecule has 1 amide bonds. The quantitative estimate of drug-likeness (QED) is 0.428. The third-order valence-electron chi connectivity index (χ3n) is 6.56. The van der Waals surface area contributed by atoms with Crippen molar-refractivity contribution in [1.82, 2.24) is 14.9 Å². The number of thiophene rings is 1. The summed E-state index contributed by atoms with van der Waals surface area (Å²) in [6, 6.07) is 15.6. The van der Waals surface area contributed by atoms with Crippen LogP contribution in [-0.2, 0) is 4.79 Å². The van der Waals surface area contributed by atoms with Gasteiger partial charge in [0.05, 0.1) is 23.2 Å². The number of nitrogens with zero attached hydrogens (tertiary/aromatic N) is 3. The average Bonchev–Trinajstić information content (AvgIpc) is 3.34. The van der Waals surface area contributed by atoms with Crippen LogP contribution in [0, 0.1) is 18.7 Å². The summed E-state index contributed by atoms with van der Waals surface area (Å²) in [5, 5.41) is 4.95. The summed E-state index contributed by atoms with van der Waals surface area (Å²) in [5.74, 6) is -0.0284. The van der Waals surface area contributed by atoms with Crippen LogP contribution in [-0.4, -0.2) is 28.5 Å². The van der Waals surface area contributed by atoms with E-state index in [9.17, 15) is 14.0 Å². The highest BCUT2D eigenvalue weighted by molar-refractivity contribution is 7.17. The Kier molecular flexibility index (Phi) is 6.38. The number of benzene rings is 2. The number of aromatic nitrogens is 2. The molecule has 0 spiro atoms. The van der Waals surface area contributed by atoms with Gasteiger partial charge in [-0.1, -0.05) is 29.8 Å². The van der Waals surface area contributed by atoms with Crippen LogP contribution >= 0.6 is 11.3 Å². The highest BCUT2D eigenvalue weighted by atomic mass is 32.1. The molecule has 0 aliphatic carbocycles. The Balaban J connectivity index is 1.43. The molecule has 1 saturated heterocycles. The zero-order valence-electron chi connectivity index (χ0n) is 19.7. The SMILES string of the molecule is Cc1ccc(-n2c(N3CCC[C@@H](C(=O)N[C@H](C)c4ccc(F)cc4)C3)nc3ccsc3c2=O)cc1. The summed E-state index contributed by atoms with van der Waals surface area (Å²) < 4.78 is 15.6. The van der Waals surface area contributed by atoms with E-state index >= 15 is 0 Å². The molecule has 35 heavy (non-hydrogen) atoms. The molecule has 5 rings (SSSR count). The summed E-state index contributed by atoms with van der Waals surface area (Å²) in [4.78, 5) is 33.5. The highest BCUT2D eigenvalue weighted by Gasteiger charge is 2.30. The van der Waals surface area contributed by atoms with Gasteiger partial charge in [0.15, 0.2) is 0 Å². The summed E-state index contributed by atoms with van der Waals surface area (Å²) in [7, 11) is 0. The van der Waals surface area contributed by atoms with Gasteiger partial charge >= 0.3 is 0 Å². The second-order valence-electron chi connectivity index (χ2n) is 9.09. The van der Waals surface area contributed by atoms with E-state index in [4.69, 9.17) is 4.98 Å². The fourth-order valence-corrected chi connectivity index (χ4v) is 5.34. The number of carbonyl (C=O) groups is 1. The molecule has 2 atom stereocenters. The largest absolute Gasteiger partial charge is 0.349 e. The van der Waals surface area contributed by atoms with Crippen LogP contribution in [0.4, 0.5) is 10.3 Å². The number of nitrogens with one attached hydrogen (secondary N) is 1. The van der Waals surface area contributed by atoms with E-state index < -0.39 is 0 Å². The van der Waals surface area contributed by atoms with Crippen LogP contribution in [0.1, 0.15) is 36.9 Å². The number of hydrogen-bond donors (Lipinski definition) is 1. The van der Waals surface area contributed by atoms with Crippen molar-refractivity contribution in [2.45, 2.75) is 32.7 Å². The van der Waals surface area contributed by atoms with Crippen LogP contribution in [0.2, 0.25) is 0 Å². The van der Waals surface area contributed by atoms with Gasteiger partial charge in [-0.15, -0.1) is 11.3 Å². The van der Waals surface area contributed by atoms with Crippen molar-refractivity contribution >= 4 is 33.4 Å². The third-order valence-corrected chi connectivity index (χ3v) is 7.45. The molecule has 0 saturated carbocycles. The molecule has 0 unspecified atom stereocenters. The van der Waals surface area contributed by atoms with E-state index in [0.29, 0.717) is 29.3 Å². The first kappa shape index (κ1) is 23.2. The summed E-state index contributed by atoms with van der Waals surface area (Å²) in [6.07, 6.45) is 1.57. The minimum Gasteiger partial charge on any atom is -0.349 e. The Labute approximate surface area is 207 Å². The summed E-state index contributed by atoms with van der Waals surface area (Å²) in [6.45, 7) is 5.09. The third kappa shape index (κ3) is 4.71. The van der Waals surface area contributed by atoms with Gasteiger partial charge in [0.25, 0.3) is 5.56 Å². The van der Waals surface area contributed by atoms with Gasteiger partial charge in [-0.25, -0.2) is 13.9 Å². The molecule has 0 bridgehead atoms. The Hall–Kier alpha value is -3.52. The molecule has 4 aromatic rings. The zero-order chi connectivity index (χ0) is 24.5. The fraction of sp³-hybridized carbons (Fsp3) is 0.296. The first-order valence-electron chi connectivity index (χ1n) is 11.8. The molecule has 1 aliphatic heterocycles. The number of piperidine rings is 1. The van der Waals surface area contributed by atoms with Crippen LogP contribution in [0.3, 0.4) is 0 Å². The van der Waals surface area contributed by atoms with Gasteiger partial charge < -0.3 is 10.2 Å². The molecule has 6 nitrogen and oxygen atoms in total. The molecule has 8 heteroatoms. The zero-order valence-corrected chi connectivity index (χ0v) is 20.5. The standard InChI is InChI=1S/C27H27FN4O2S/c1-17-5-11-22(12-6-17)32-26(34)24-23(13-15-35-24)30-27(32)31-14-3-4-20(16-31)25(33)29-18(2)19-7-9-21(28)10-8-19/h5-13,15,18,20H,3-4,14,16H2,1-2H3,(H,29,33)/t18-,20-/m1/s1. The van der Waals surface area contributed by atoms with E-state index in [-0.39, 0.29) is 29.2 Å². The number of amides is 1. The van der Waals surface area contributed by atoms with Crippen LogP contribution in [0.5, 0.6) is 0 Å². The average molecular weight is 491 g/mol. The lowest BCUT2D eigenvalue weighted by Crippen LogP contribution is -2.45. The fourth-order valence-electron chi connectivity index (χ4n) is 4.58. The Morgan fingerprint density at radius 3 is 2.63 bits per heavy atom. The molecule has 2 aromatic heterocycles. The van der Waals surface area contributed by atoms with E-state index in [1.165, 1.54) is 23.5 Å². The van der Waals surface area contributed by atoms with Crippen molar-refractivity contribution in [3.63, 3.8) is 0 Å². The van der Waals surface area contributed by atoms with Gasteiger partial charge in [-0.2, -0.15) is 0 Å². The molecule has 180 valence electrons.